The molecule has 2 aliphatic rings. The van der Waals surface area contributed by atoms with Crippen LogP contribution in [0.15, 0.2) is 48.2 Å². The van der Waals surface area contributed by atoms with Crippen LogP contribution in [0.25, 0.3) is 0 Å². The van der Waals surface area contributed by atoms with Crippen molar-refractivity contribution in [1.82, 2.24) is 5.43 Å². The summed E-state index contributed by atoms with van der Waals surface area (Å²) in [7, 11) is 0. The van der Waals surface area contributed by atoms with Crippen molar-refractivity contribution in [2.24, 2.45) is 5.92 Å². The van der Waals surface area contributed by atoms with Gasteiger partial charge in [-0.1, -0.05) is 18.2 Å². The summed E-state index contributed by atoms with van der Waals surface area (Å²) in [4.78, 5) is 0. The van der Waals surface area contributed by atoms with Gasteiger partial charge in [0.05, 0.1) is 5.69 Å². The van der Waals surface area contributed by atoms with E-state index in [1.165, 1.54) is 5.70 Å². The second kappa shape index (κ2) is 3.68. The van der Waals surface area contributed by atoms with Crippen molar-refractivity contribution in [2.45, 2.75) is 6.42 Å². The lowest BCUT2D eigenvalue weighted by Gasteiger charge is -2.22. The highest BCUT2D eigenvalue weighted by Gasteiger charge is 2.28. The van der Waals surface area contributed by atoms with Gasteiger partial charge in [0.2, 0.25) is 0 Å². The van der Waals surface area contributed by atoms with Gasteiger partial charge in [0.1, 0.15) is 5.75 Å². The van der Waals surface area contributed by atoms with Crippen LogP contribution in [0.1, 0.15) is 6.42 Å². The average molecular weight is 214 g/mol. The van der Waals surface area contributed by atoms with Crippen LogP contribution in [0, 0.1) is 5.92 Å². The van der Waals surface area contributed by atoms with Gasteiger partial charge in [0.15, 0.2) is 0 Å². The van der Waals surface area contributed by atoms with E-state index in [1.54, 1.807) is 12.1 Å². The van der Waals surface area contributed by atoms with E-state index in [0.29, 0.717) is 11.7 Å². The summed E-state index contributed by atoms with van der Waals surface area (Å²) in [5, 5.41) is 11.5. The highest BCUT2D eigenvalue weighted by molar-refractivity contribution is 5.56. The molecule has 0 saturated carbocycles. The molecule has 1 aromatic carbocycles. The Balaban J connectivity index is 1.96. The van der Waals surface area contributed by atoms with Crippen molar-refractivity contribution in [2.75, 3.05) is 11.6 Å². The number of phenols is 1. The fraction of sp³-hybridized carbons (Fsp3) is 0.231. The number of nitrogens with one attached hydrogen (secondary N) is 1. The Morgan fingerprint density at radius 2 is 2.31 bits per heavy atom. The Bertz CT molecular complexity index is 465. The molecule has 1 aliphatic carbocycles. The highest BCUT2D eigenvalue weighted by atomic mass is 16.3. The zero-order valence-electron chi connectivity index (χ0n) is 8.93. The number of aromatic hydroxyl groups is 1. The van der Waals surface area contributed by atoms with Crippen molar-refractivity contribution in [3.05, 3.63) is 48.2 Å². The topological polar surface area (TPSA) is 35.5 Å². The summed E-state index contributed by atoms with van der Waals surface area (Å²) in [6.45, 7) is 0.964. The maximum Gasteiger partial charge on any atom is 0.117 e. The first-order chi connectivity index (χ1) is 7.84. The molecule has 1 unspecified atom stereocenters. The third-order valence-electron chi connectivity index (χ3n) is 3.08. The number of fused-ring (bicyclic) bond motifs is 1. The predicted molar refractivity (Wildman–Crippen MR) is 63.9 cm³/mol. The van der Waals surface area contributed by atoms with E-state index in [2.05, 4.69) is 28.7 Å². The summed E-state index contributed by atoms with van der Waals surface area (Å²) < 4.78 is 0. The molecule has 3 heteroatoms. The minimum absolute atomic E-state index is 0.301. The number of hydrazine groups is 1. The molecular formula is C13H14N2O. The smallest absolute Gasteiger partial charge is 0.117 e. The van der Waals surface area contributed by atoms with E-state index < -0.39 is 0 Å². The third-order valence-corrected chi connectivity index (χ3v) is 3.08. The second-order valence-electron chi connectivity index (χ2n) is 4.17. The summed E-state index contributed by atoms with van der Waals surface area (Å²) >= 11 is 0. The molecule has 0 bridgehead atoms. The largest absolute Gasteiger partial charge is 0.508 e. The van der Waals surface area contributed by atoms with Crippen molar-refractivity contribution < 1.29 is 5.11 Å². The number of anilines is 1. The monoisotopic (exact) mass is 214 g/mol. The summed E-state index contributed by atoms with van der Waals surface area (Å²) in [6.07, 6.45) is 7.52. The van der Waals surface area contributed by atoms with Crippen molar-refractivity contribution >= 4 is 5.69 Å². The molecule has 1 aromatic rings. The van der Waals surface area contributed by atoms with Crippen LogP contribution in [-0.2, 0) is 0 Å². The Morgan fingerprint density at radius 3 is 3.19 bits per heavy atom. The fourth-order valence-electron chi connectivity index (χ4n) is 2.28. The lowest BCUT2D eigenvalue weighted by molar-refractivity contribution is 0.475. The van der Waals surface area contributed by atoms with E-state index in [4.69, 9.17) is 0 Å². The normalized spacial score (nSPS) is 23.1. The lowest BCUT2D eigenvalue weighted by Crippen LogP contribution is -2.29. The van der Waals surface area contributed by atoms with E-state index >= 15 is 0 Å². The number of benzene rings is 1. The molecule has 1 aliphatic heterocycles. The van der Waals surface area contributed by atoms with Gasteiger partial charge < -0.3 is 5.11 Å². The van der Waals surface area contributed by atoms with Gasteiger partial charge >= 0.3 is 0 Å². The molecule has 3 rings (SSSR count). The molecule has 0 spiro atoms. The Labute approximate surface area is 94.7 Å². The molecular weight excluding hydrogens is 200 g/mol. The van der Waals surface area contributed by atoms with Crippen LogP contribution in [0.5, 0.6) is 5.75 Å². The molecule has 3 nitrogen and oxygen atoms in total. The van der Waals surface area contributed by atoms with Crippen LogP contribution in [0.3, 0.4) is 0 Å². The highest BCUT2D eigenvalue weighted by Crippen LogP contribution is 2.32. The first kappa shape index (κ1) is 9.48. The van der Waals surface area contributed by atoms with Crippen LogP contribution in [0.2, 0.25) is 0 Å². The van der Waals surface area contributed by atoms with Gasteiger partial charge in [-0.3, -0.25) is 5.01 Å². The molecule has 2 N–H and O–H groups in total. The first-order valence-corrected chi connectivity index (χ1v) is 5.54. The third kappa shape index (κ3) is 1.49. The molecule has 1 heterocycles. The molecule has 82 valence electrons. The van der Waals surface area contributed by atoms with E-state index in [0.717, 1.165) is 18.7 Å². The second-order valence-corrected chi connectivity index (χ2v) is 4.17. The number of hydrogen-bond donors (Lipinski definition) is 2. The zero-order valence-corrected chi connectivity index (χ0v) is 8.93. The maximum absolute atomic E-state index is 9.48. The fourth-order valence-corrected chi connectivity index (χ4v) is 2.28. The number of allylic oxidation sites excluding steroid dienone is 3. The molecule has 1 fully saturated rings. The van der Waals surface area contributed by atoms with Crippen molar-refractivity contribution in [3.8, 4) is 5.75 Å². The number of phenolic OH excluding ortho intramolecular Hbond substituents is 1. The quantitative estimate of drug-likeness (QED) is 0.752. The van der Waals surface area contributed by atoms with E-state index in [-0.39, 0.29) is 0 Å². The molecule has 0 radical (unpaired) electrons. The Kier molecular flexibility index (Phi) is 2.18. The molecule has 0 aromatic heterocycles. The van der Waals surface area contributed by atoms with Gasteiger partial charge in [-0.05, 0) is 24.6 Å². The van der Waals surface area contributed by atoms with Gasteiger partial charge in [-0.2, -0.15) is 0 Å². The SMILES string of the molecule is Oc1cccc(N2NCC3CC=CC=C32)c1. The summed E-state index contributed by atoms with van der Waals surface area (Å²) in [6, 6.07) is 7.31. The van der Waals surface area contributed by atoms with Gasteiger partial charge in [0, 0.05) is 24.2 Å². The Morgan fingerprint density at radius 1 is 1.38 bits per heavy atom. The number of rotatable bonds is 1. The minimum atomic E-state index is 0.301. The molecule has 1 atom stereocenters. The standard InChI is InChI=1S/C13H14N2O/c16-12-6-3-5-11(8-12)15-13-7-2-1-4-10(13)9-14-15/h1-3,5-8,10,14,16H,4,9H2. The van der Waals surface area contributed by atoms with Crippen molar-refractivity contribution in [3.63, 3.8) is 0 Å². The maximum atomic E-state index is 9.48. The van der Waals surface area contributed by atoms with Crippen LogP contribution in [0.4, 0.5) is 5.69 Å². The van der Waals surface area contributed by atoms with Crippen molar-refractivity contribution in [1.29, 1.82) is 0 Å². The van der Waals surface area contributed by atoms with Crippen LogP contribution < -0.4 is 10.4 Å². The lowest BCUT2D eigenvalue weighted by atomic mass is 9.98. The summed E-state index contributed by atoms with van der Waals surface area (Å²) in [5.74, 6) is 0.863. The molecule has 0 amide bonds. The number of hydrogen-bond acceptors (Lipinski definition) is 3. The number of nitrogens with zero attached hydrogens (tertiary/aromatic N) is 1. The van der Waals surface area contributed by atoms with Gasteiger partial charge in [-0.25, -0.2) is 5.43 Å². The minimum Gasteiger partial charge on any atom is -0.508 e. The van der Waals surface area contributed by atoms with Gasteiger partial charge in [0.25, 0.3) is 0 Å². The van der Waals surface area contributed by atoms with Gasteiger partial charge in [-0.15, -0.1) is 0 Å². The molecule has 16 heavy (non-hydrogen) atoms. The Hall–Kier alpha value is -1.74. The zero-order chi connectivity index (χ0) is 11.0. The first-order valence-electron chi connectivity index (χ1n) is 5.54. The van der Waals surface area contributed by atoms with Crippen LogP contribution >= 0.6 is 0 Å². The predicted octanol–water partition coefficient (Wildman–Crippen LogP) is 2.18. The van der Waals surface area contributed by atoms with Crippen LogP contribution in [-0.4, -0.2) is 11.7 Å². The molecule has 1 saturated heterocycles. The average Bonchev–Trinajstić information content (AvgIpc) is 2.72. The van der Waals surface area contributed by atoms with E-state index in [1.807, 2.05) is 12.1 Å². The summed E-state index contributed by atoms with van der Waals surface area (Å²) in [5.41, 5.74) is 5.63. The van der Waals surface area contributed by atoms with E-state index in [9.17, 15) is 5.11 Å².